The van der Waals surface area contributed by atoms with E-state index < -0.39 is 0 Å². The Labute approximate surface area is 132 Å². The predicted octanol–water partition coefficient (Wildman–Crippen LogP) is 3.19. The van der Waals surface area contributed by atoms with Crippen molar-refractivity contribution in [1.82, 2.24) is 5.43 Å². The molecule has 2 N–H and O–H groups in total. The van der Waals surface area contributed by atoms with Crippen LogP contribution in [-0.4, -0.2) is 24.3 Å². The molecule has 1 aliphatic rings. The van der Waals surface area contributed by atoms with Crippen LogP contribution in [0, 0.1) is 5.92 Å². The van der Waals surface area contributed by atoms with Crippen molar-refractivity contribution in [3.63, 3.8) is 0 Å². The van der Waals surface area contributed by atoms with Crippen LogP contribution in [0.3, 0.4) is 0 Å². The van der Waals surface area contributed by atoms with Crippen LogP contribution in [0.1, 0.15) is 37.7 Å². The van der Waals surface area contributed by atoms with Crippen LogP contribution in [-0.2, 0) is 4.79 Å². The topological polar surface area (TPSA) is 70.9 Å². The standard InChI is InChI=1S/C15H19BrN2O3/c1-21-13-8-10(7-12(16)14(13)19)9-17-18-15(20)11-5-3-2-4-6-11/h7-9,11,19H,2-6H2,1H3,(H,18,20)/b17-9-. The molecule has 21 heavy (non-hydrogen) atoms. The van der Waals surface area contributed by atoms with E-state index in [4.69, 9.17) is 4.74 Å². The van der Waals surface area contributed by atoms with Gasteiger partial charge in [-0.3, -0.25) is 4.79 Å². The number of rotatable bonds is 4. The van der Waals surface area contributed by atoms with Crippen LogP contribution in [0.15, 0.2) is 21.7 Å². The summed E-state index contributed by atoms with van der Waals surface area (Å²) in [6.45, 7) is 0. The van der Waals surface area contributed by atoms with Crippen molar-refractivity contribution < 1.29 is 14.6 Å². The van der Waals surface area contributed by atoms with Gasteiger partial charge in [-0.25, -0.2) is 5.43 Å². The number of hydrogen-bond donors (Lipinski definition) is 2. The van der Waals surface area contributed by atoms with Gasteiger partial charge in [-0.2, -0.15) is 5.10 Å². The number of benzene rings is 1. The first kappa shape index (κ1) is 15.8. The minimum absolute atomic E-state index is 0.0178. The third-order valence-corrected chi connectivity index (χ3v) is 4.24. The number of amides is 1. The van der Waals surface area contributed by atoms with Gasteiger partial charge in [-0.05, 0) is 46.5 Å². The number of carbonyl (C=O) groups is 1. The first-order valence-corrected chi connectivity index (χ1v) is 7.80. The second-order valence-corrected chi connectivity index (χ2v) is 5.98. The first-order valence-electron chi connectivity index (χ1n) is 7.01. The highest BCUT2D eigenvalue weighted by atomic mass is 79.9. The molecule has 0 atom stereocenters. The summed E-state index contributed by atoms with van der Waals surface area (Å²) in [5, 5.41) is 13.7. The van der Waals surface area contributed by atoms with E-state index in [1.54, 1.807) is 12.1 Å². The van der Waals surface area contributed by atoms with Gasteiger partial charge in [0.2, 0.25) is 5.91 Å². The molecular weight excluding hydrogens is 336 g/mol. The van der Waals surface area contributed by atoms with Crippen LogP contribution in [0.2, 0.25) is 0 Å². The summed E-state index contributed by atoms with van der Waals surface area (Å²) in [5.74, 6) is 0.457. The van der Waals surface area contributed by atoms with Crippen LogP contribution < -0.4 is 10.2 Å². The Morgan fingerprint density at radius 3 is 2.81 bits per heavy atom. The van der Waals surface area contributed by atoms with Crippen LogP contribution >= 0.6 is 15.9 Å². The average Bonchev–Trinajstić information content (AvgIpc) is 2.51. The molecule has 1 fully saturated rings. The zero-order valence-electron chi connectivity index (χ0n) is 11.9. The third-order valence-electron chi connectivity index (χ3n) is 3.64. The number of aromatic hydroxyl groups is 1. The lowest BCUT2D eigenvalue weighted by molar-refractivity contribution is -0.125. The highest BCUT2D eigenvalue weighted by molar-refractivity contribution is 9.10. The number of hydrogen-bond acceptors (Lipinski definition) is 4. The molecule has 0 bridgehead atoms. The van der Waals surface area contributed by atoms with Gasteiger partial charge in [0.15, 0.2) is 11.5 Å². The van der Waals surface area contributed by atoms with E-state index in [1.165, 1.54) is 19.7 Å². The molecule has 1 amide bonds. The van der Waals surface area contributed by atoms with Crippen molar-refractivity contribution in [3.05, 3.63) is 22.2 Å². The van der Waals surface area contributed by atoms with Crippen LogP contribution in [0.4, 0.5) is 0 Å². The summed E-state index contributed by atoms with van der Waals surface area (Å²) < 4.78 is 5.58. The minimum Gasteiger partial charge on any atom is -0.503 e. The number of phenols is 1. The number of carbonyl (C=O) groups excluding carboxylic acids is 1. The summed E-state index contributed by atoms with van der Waals surface area (Å²) in [4.78, 5) is 11.9. The maximum atomic E-state index is 11.9. The number of methoxy groups -OCH3 is 1. The zero-order chi connectivity index (χ0) is 15.2. The lowest BCUT2D eigenvalue weighted by atomic mass is 9.89. The molecular formula is C15H19BrN2O3. The largest absolute Gasteiger partial charge is 0.503 e. The van der Waals surface area contributed by atoms with Gasteiger partial charge >= 0.3 is 0 Å². The first-order chi connectivity index (χ1) is 10.1. The molecule has 0 saturated heterocycles. The summed E-state index contributed by atoms with van der Waals surface area (Å²) in [6.07, 6.45) is 6.87. The summed E-state index contributed by atoms with van der Waals surface area (Å²) in [6, 6.07) is 3.35. The second-order valence-electron chi connectivity index (χ2n) is 5.12. The van der Waals surface area contributed by atoms with Gasteiger partial charge in [0.25, 0.3) is 0 Å². The fourth-order valence-corrected chi connectivity index (χ4v) is 2.91. The number of hydrazone groups is 1. The molecule has 5 nitrogen and oxygen atoms in total. The maximum absolute atomic E-state index is 11.9. The smallest absolute Gasteiger partial charge is 0.243 e. The van der Waals surface area contributed by atoms with Crippen molar-refractivity contribution in [2.45, 2.75) is 32.1 Å². The molecule has 1 saturated carbocycles. The Hall–Kier alpha value is -1.56. The maximum Gasteiger partial charge on any atom is 0.243 e. The number of nitrogens with zero attached hydrogens (tertiary/aromatic N) is 1. The highest BCUT2D eigenvalue weighted by Gasteiger charge is 2.20. The van der Waals surface area contributed by atoms with Crippen molar-refractivity contribution in [3.8, 4) is 11.5 Å². The van der Waals surface area contributed by atoms with E-state index in [-0.39, 0.29) is 17.6 Å². The van der Waals surface area contributed by atoms with Gasteiger partial charge in [-0.1, -0.05) is 19.3 Å². The van der Waals surface area contributed by atoms with Crippen molar-refractivity contribution >= 4 is 28.1 Å². The fraction of sp³-hybridized carbons (Fsp3) is 0.467. The van der Waals surface area contributed by atoms with E-state index in [1.807, 2.05) is 0 Å². The quantitative estimate of drug-likeness (QED) is 0.644. The molecule has 6 heteroatoms. The highest BCUT2D eigenvalue weighted by Crippen LogP contribution is 2.34. The molecule has 0 aromatic heterocycles. The molecule has 1 aromatic rings. The van der Waals surface area contributed by atoms with Crippen molar-refractivity contribution in [2.75, 3.05) is 7.11 Å². The van der Waals surface area contributed by atoms with Gasteiger partial charge < -0.3 is 9.84 Å². The fourth-order valence-electron chi connectivity index (χ4n) is 2.45. The molecule has 2 rings (SSSR count). The lowest BCUT2D eigenvalue weighted by Crippen LogP contribution is -2.28. The van der Waals surface area contributed by atoms with E-state index in [2.05, 4.69) is 26.5 Å². The molecule has 114 valence electrons. The Balaban J connectivity index is 1.97. The SMILES string of the molecule is COc1cc(/C=N\NC(=O)C2CCCCC2)cc(Br)c1O. The van der Waals surface area contributed by atoms with Gasteiger partial charge in [0.1, 0.15) is 0 Å². The van der Waals surface area contributed by atoms with Crippen LogP contribution in [0.5, 0.6) is 11.5 Å². The number of nitrogens with one attached hydrogen (secondary N) is 1. The Morgan fingerprint density at radius 1 is 1.43 bits per heavy atom. The molecule has 0 radical (unpaired) electrons. The van der Waals surface area contributed by atoms with E-state index >= 15 is 0 Å². The summed E-state index contributed by atoms with van der Waals surface area (Å²) >= 11 is 3.24. The van der Waals surface area contributed by atoms with Crippen molar-refractivity contribution in [1.29, 1.82) is 0 Å². The van der Waals surface area contributed by atoms with Crippen LogP contribution in [0.25, 0.3) is 0 Å². The zero-order valence-corrected chi connectivity index (χ0v) is 13.5. The normalized spacial score (nSPS) is 16.1. The Kier molecular flexibility index (Phi) is 5.61. The van der Waals surface area contributed by atoms with Crippen molar-refractivity contribution in [2.24, 2.45) is 11.0 Å². The monoisotopic (exact) mass is 354 g/mol. The summed E-state index contributed by atoms with van der Waals surface area (Å²) in [7, 11) is 1.48. The predicted molar refractivity (Wildman–Crippen MR) is 84.7 cm³/mol. The molecule has 0 spiro atoms. The molecule has 0 aliphatic heterocycles. The van der Waals surface area contributed by atoms with Gasteiger partial charge in [-0.15, -0.1) is 0 Å². The average molecular weight is 355 g/mol. The van der Waals surface area contributed by atoms with E-state index in [0.29, 0.717) is 10.2 Å². The second kappa shape index (κ2) is 7.45. The Morgan fingerprint density at radius 2 is 2.14 bits per heavy atom. The molecule has 0 unspecified atom stereocenters. The summed E-state index contributed by atoms with van der Waals surface area (Å²) in [5.41, 5.74) is 3.31. The van der Waals surface area contributed by atoms with E-state index in [0.717, 1.165) is 31.2 Å². The van der Waals surface area contributed by atoms with Gasteiger partial charge in [0, 0.05) is 5.92 Å². The minimum atomic E-state index is -0.0178. The molecule has 1 aromatic carbocycles. The lowest BCUT2D eigenvalue weighted by Gasteiger charge is -2.19. The number of halogens is 1. The number of phenolic OH excluding ortho intramolecular Hbond substituents is 1. The van der Waals surface area contributed by atoms with E-state index in [9.17, 15) is 9.90 Å². The Bertz CT molecular complexity index is 540. The third kappa shape index (κ3) is 4.20. The number of ether oxygens (including phenoxy) is 1. The molecule has 0 heterocycles. The van der Waals surface area contributed by atoms with Gasteiger partial charge in [0.05, 0.1) is 17.8 Å². The molecule has 1 aliphatic carbocycles.